The van der Waals surface area contributed by atoms with Crippen LogP contribution in [0, 0.1) is 17.0 Å². The topological polar surface area (TPSA) is 43.8 Å². The van der Waals surface area contributed by atoms with Gasteiger partial charge in [0.1, 0.15) is 11.3 Å². The molecule has 1 aromatic heterocycles. The first kappa shape index (κ1) is 12.8. The molecule has 5 heteroatoms. The van der Waals surface area contributed by atoms with Gasteiger partial charge in [-0.2, -0.15) is 0 Å². The van der Waals surface area contributed by atoms with Gasteiger partial charge in [0.25, 0.3) is 0 Å². The zero-order chi connectivity index (χ0) is 13.7. The summed E-state index contributed by atoms with van der Waals surface area (Å²) in [4.78, 5) is 3.99. The highest BCUT2D eigenvalue weighted by Crippen LogP contribution is 2.35. The molecule has 18 heavy (non-hydrogen) atoms. The van der Waals surface area contributed by atoms with E-state index in [2.05, 4.69) is 4.98 Å². The Kier molecular flexibility index (Phi) is 2.80. The number of anilines is 1. The van der Waals surface area contributed by atoms with Gasteiger partial charge in [0.15, 0.2) is 5.82 Å². The van der Waals surface area contributed by atoms with Crippen LogP contribution >= 0.6 is 0 Å². The zero-order valence-electron chi connectivity index (χ0n) is 11.0. The summed E-state index contributed by atoms with van der Waals surface area (Å²) in [6.07, 6.45) is 0. The molecule has 0 saturated carbocycles. The van der Waals surface area contributed by atoms with Gasteiger partial charge in [-0.3, -0.25) is 0 Å². The Labute approximate surface area is 105 Å². The first-order valence-corrected chi connectivity index (χ1v) is 5.84. The van der Waals surface area contributed by atoms with Crippen molar-refractivity contribution in [1.29, 1.82) is 0 Å². The summed E-state index contributed by atoms with van der Waals surface area (Å²) in [6, 6.07) is 2.06. The highest BCUT2D eigenvalue weighted by Gasteiger charge is 2.26. The summed E-state index contributed by atoms with van der Waals surface area (Å²) in [5.74, 6) is -1.10. The summed E-state index contributed by atoms with van der Waals surface area (Å²) in [5.41, 5.74) is 6.25. The molecular weight excluding hydrogens is 236 g/mol. The van der Waals surface area contributed by atoms with Crippen molar-refractivity contribution in [3.63, 3.8) is 0 Å². The summed E-state index contributed by atoms with van der Waals surface area (Å²) >= 11 is 0. The Hall–Kier alpha value is -1.65. The van der Waals surface area contributed by atoms with Crippen molar-refractivity contribution in [3.8, 4) is 0 Å². The van der Waals surface area contributed by atoms with E-state index in [1.807, 2.05) is 27.7 Å². The van der Waals surface area contributed by atoms with Crippen LogP contribution in [0.4, 0.5) is 14.7 Å². The van der Waals surface area contributed by atoms with Crippen LogP contribution < -0.4 is 5.73 Å². The first-order chi connectivity index (χ1) is 8.21. The van der Waals surface area contributed by atoms with E-state index in [4.69, 9.17) is 5.73 Å². The molecule has 0 bridgehead atoms. The molecule has 98 valence electrons. The molecule has 2 N–H and O–H groups in total. The number of nitrogens with two attached hydrogens (primary N) is 1. The van der Waals surface area contributed by atoms with Gasteiger partial charge in [-0.1, -0.05) is 20.8 Å². The lowest BCUT2D eigenvalue weighted by molar-refractivity contribution is 0.270. The lowest BCUT2D eigenvalue weighted by atomic mass is 9.88. The number of fused-ring (bicyclic) bond motifs is 1. The highest BCUT2D eigenvalue weighted by atomic mass is 19.1. The Bertz CT molecular complexity index is 596. The van der Waals surface area contributed by atoms with Gasteiger partial charge in [0.2, 0.25) is 5.95 Å². The monoisotopic (exact) mass is 253 g/mol. The van der Waals surface area contributed by atoms with Crippen LogP contribution in [0.2, 0.25) is 0 Å². The van der Waals surface area contributed by atoms with Crippen LogP contribution in [0.1, 0.15) is 33.7 Å². The third-order valence-electron chi connectivity index (χ3n) is 3.38. The molecule has 1 aromatic carbocycles. The Morgan fingerprint density at radius 2 is 1.89 bits per heavy atom. The van der Waals surface area contributed by atoms with Crippen molar-refractivity contribution < 1.29 is 8.78 Å². The van der Waals surface area contributed by atoms with Crippen LogP contribution in [0.3, 0.4) is 0 Å². The quantitative estimate of drug-likeness (QED) is 0.845. The number of nitrogens with zero attached hydrogens (tertiary/aromatic N) is 2. The number of nitrogen functional groups attached to an aromatic ring is 1. The van der Waals surface area contributed by atoms with E-state index in [0.29, 0.717) is 5.52 Å². The van der Waals surface area contributed by atoms with Gasteiger partial charge >= 0.3 is 0 Å². The van der Waals surface area contributed by atoms with Crippen LogP contribution in [-0.2, 0) is 0 Å². The SMILES string of the molecule is CC(n1c(N)nc2c(F)cc(F)cc21)C(C)(C)C. The number of benzene rings is 1. The minimum Gasteiger partial charge on any atom is -0.369 e. The minimum absolute atomic E-state index is 0.0244. The summed E-state index contributed by atoms with van der Waals surface area (Å²) < 4.78 is 28.6. The fourth-order valence-corrected chi connectivity index (χ4v) is 1.93. The molecule has 1 heterocycles. The number of halogens is 2. The van der Waals surface area contributed by atoms with Crippen molar-refractivity contribution >= 4 is 17.0 Å². The van der Waals surface area contributed by atoms with Crippen molar-refractivity contribution in [2.24, 2.45) is 5.41 Å². The number of hydrogen-bond acceptors (Lipinski definition) is 2. The molecule has 3 nitrogen and oxygen atoms in total. The standard InChI is InChI=1S/C13H17F2N3/c1-7(13(2,3)4)18-10-6-8(14)5-9(15)11(10)17-12(18)16/h5-7H,1-4H3,(H2,16,17). The number of hydrogen-bond donors (Lipinski definition) is 1. The Morgan fingerprint density at radius 1 is 1.28 bits per heavy atom. The van der Waals surface area contributed by atoms with E-state index >= 15 is 0 Å². The normalized spacial score (nSPS) is 14.1. The average molecular weight is 253 g/mol. The molecule has 0 fully saturated rings. The van der Waals surface area contributed by atoms with E-state index in [1.54, 1.807) is 4.57 Å². The average Bonchev–Trinajstić information content (AvgIpc) is 2.52. The van der Waals surface area contributed by atoms with Gasteiger partial charge in [0, 0.05) is 18.2 Å². The van der Waals surface area contributed by atoms with Crippen LogP contribution in [0.25, 0.3) is 11.0 Å². The smallest absolute Gasteiger partial charge is 0.201 e. The van der Waals surface area contributed by atoms with Gasteiger partial charge in [0.05, 0.1) is 5.52 Å². The molecule has 0 aliphatic heterocycles. The van der Waals surface area contributed by atoms with E-state index < -0.39 is 11.6 Å². The maximum Gasteiger partial charge on any atom is 0.201 e. The molecule has 0 aliphatic carbocycles. The largest absolute Gasteiger partial charge is 0.369 e. The zero-order valence-corrected chi connectivity index (χ0v) is 11.0. The number of aromatic nitrogens is 2. The second kappa shape index (κ2) is 3.93. The summed E-state index contributed by atoms with van der Waals surface area (Å²) in [6.45, 7) is 8.08. The molecule has 2 rings (SSSR count). The predicted octanol–water partition coefficient (Wildman–Crippen LogP) is 3.50. The fraction of sp³-hybridized carbons (Fsp3) is 0.462. The number of imidazole rings is 1. The number of rotatable bonds is 1. The molecule has 2 aromatic rings. The Balaban J connectivity index is 2.75. The van der Waals surface area contributed by atoms with Gasteiger partial charge in [-0.05, 0) is 12.3 Å². The van der Waals surface area contributed by atoms with Crippen molar-refractivity contribution in [2.45, 2.75) is 33.7 Å². The van der Waals surface area contributed by atoms with E-state index in [0.717, 1.165) is 6.07 Å². The van der Waals surface area contributed by atoms with E-state index in [-0.39, 0.29) is 22.9 Å². The maximum atomic E-state index is 13.6. The molecule has 0 aliphatic rings. The molecule has 0 amide bonds. The third kappa shape index (κ3) is 1.94. The fourth-order valence-electron chi connectivity index (χ4n) is 1.93. The van der Waals surface area contributed by atoms with Gasteiger partial charge < -0.3 is 10.3 Å². The third-order valence-corrected chi connectivity index (χ3v) is 3.38. The van der Waals surface area contributed by atoms with Crippen LogP contribution in [0.5, 0.6) is 0 Å². The first-order valence-electron chi connectivity index (χ1n) is 5.84. The van der Waals surface area contributed by atoms with Crippen LogP contribution in [-0.4, -0.2) is 9.55 Å². The highest BCUT2D eigenvalue weighted by molar-refractivity contribution is 5.79. The molecule has 1 atom stereocenters. The van der Waals surface area contributed by atoms with Gasteiger partial charge in [-0.15, -0.1) is 0 Å². The van der Waals surface area contributed by atoms with Crippen molar-refractivity contribution in [3.05, 3.63) is 23.8 Å². The second-order valence-electron chi connectivity index (χ2n) is 5.64. The lowest BCUT2D eigenvalue weighted by Gasteiger charge is -2.29. The van der Waals surface area contributed by atoms with E-state index in [1.165, 1.54) is 6.07 Å². The second-order valence-corrected chi connectivity index (χ2v) is 5.64. The van der Waals surface area contributed by atoms with Crippen molar-refractivity contribution in [1.82, 2.24) is 9.55 Å². The van der Waals surface area contributed by atoms with E-state index in [9.17, 15) is 8.78 Å². The summed E-state index contributed by atoms with van der Waals surface area (Å²) in [7, 11) is 0. The molecule has 0 spiro atoms. The molecule has 1 unspecified atom stereocenters. The minimum atomic E-state index is -0.684. The van der Waals surface area contributed by atoms with Crippen LogP contribution in [0.15, 0.2) is 12.1 Å². The van der Waals surface area contributed by atoms with Crippen molar-refractivity contribution in [2.75, 3.05) is 5.73 Å². The molecular formula is C13H17F2N3. The molecule has 0 radical (unpaired) electrons. The predicted molar refractivity (Wildman–Crippen MR) is 68.2 cm³/mol. The maximum absolute atomic E-state index is 13.6. The Morgan fingerprint density at radius 3 is 2.44 bits per heavy atom. The van der Waals surface area contributed by atoms with Gasteiger partial charge in [-0.25, -0.2) is 13.8 Å². The lowest BCUT2D eigenvalue weighted by Crippen LogP contribution is -2.22. The summed E-state index contributed by atoms with van der Waals surface area (Å²) in [5, 5.41) is 0. The molecule has 0 saturated heterocycles.